The highest BCUT2D eigenvalue weighted by Gasteiger charge is 2.21. The van der Waals surface area contributed by atoms with E-state index in [1.165, 1.54) is 32.5 Å². The van der Waals surface area contributed by atoms with Crippen LogP contribution < -0.4 is 0 Å². The average Bonchev–Trinajstić information content (AvgIpc) is 3.62. The minimum Gasteiger partial charge on any atom is -0.456 e. The van der Waals surface area contributed by atoms with Crippen LogP contribution in [0.3, 0.4) is 0 Å². The molecular formula is C49H29N3O. The first-order valence-corrected chi connectivity index (χ1v) is 17.9. The normalized spacial score (nSPS) is 11.8. The number of hydrogen-bond acceptors (Lipinski definition) is 4. The number of furan rings is 1. The van der Waals surface area contributed by atoms with Crippen LogP contribution in [0.15, 0.2) is 180 Å². The molecule has 0 aliphatic carbocycles. The fraction of sp³-hybridized carbons (Fsp3) is 0. The van der Waals surface area contributed by atoms with Crippen molar-refractivity contribution in [3.05, 3.63) is 176 Å². The lowest BCUT2D eigenvalue weighted by atomic mass is 9.89. The minimum absolute atomic E-state index is 0.601. The summed E-state index contributed by atoms with van der Waals surface area (Å²) in [7, 11) is 0. The summed E-state index contributed by atoms with van der Waals surface area (Å²) in [6, 6.07) is 61.6. The fourth-order valence-corrected chi connectivity index (χ4v) is 8.04. The number of rotatable bonds is 4. The van der Waals surface area contributed by atoms with E-state index in [-0.39, 0.29) is 0 Å². The monoisotopic (exact) mass is 675 g/mol. The summed E-state index contributed by atoms with van der Waals surface area (Å²) < 4.78 is 6.79. The van der Waals surface area contributed by atoms with Crippen LogP contribution in [-0.4, -0.2) is 15.0 Å². The molecule has 9 aromatic carbocycles. The lowest BCUT2D eigenvalue weighted by Crippen LogP contribution is -2.00. The fourth-order valence-electron chi connectivity index (χ4n) is 8.04. The molecule has 0 N–H and O–H groups in total. The molecule has 0 aliphatic rings. The van der Waals surface area contributed by atoms with Crippen molar-refractivity contribution in [2.75, 3.05) is 0 Å². The van der Waals surface area contributed by atoms with Crippen molar-refractivity contribution in [1.82, 2.24) is 15.0 Å². The Balaban J connectivity index is 1.19. The summed E-state index contributed by atoms with van der Waals surface area (Å²) in [6.07, 6.45) is 0. The Hall–Kier alpha value is -7.17. The minimum atomic E-state index is 0.601. The van der Waals surface area contributed by atoms with Crippen LogP contribution in [0.2, 0.25) is 0 Å². The summed E-state index contributed by atoms with van der Waals surface area (Å²) in [5.41, 5.74) is 6.70. The van der Waals surface area contributed by atoms with E-state index in [0.717, 1.165) is 60.4 Å². The van der Waals surface area contributed by atoms with Gasteiger partial charge in [-0.2, -0.15) is 0 Å². The molecule has 246 valence electrons. The van der Waals surface area contributed by atoms with Crippen molar-refractivity contribution < 1.29 is 4.42 Å². The summed E-state index contributed by atoms with van der Waals surface area (Å²) >= 11 is 0. The van der Waals surface area contributed by atoms with Crippen LogP contribution in [0, 0.1) is 0 Å². The first-order chi connectivity index (χ1) is 26.3. The predicted octanol–water partition coefficient (Wildman–Crippen LogP) is 13.1. The highest BCUT2D eigenvalue weighted by molar-refractivity contribution is 6.26. The van der Waals surface area contributed by atoms with Gasteiger partial charge in [0.15, 0.2) is 17.5 Å². The van der Waals surface area contributed by atoms with Crippen molar-refractivity contribution in [1.29, 1.82) is 0 Å². The molecule has 0 unspecified atom stereocenters. The van der Waals surface area contributed by atoms with Crippen molar-refractivity contribution in [3.63, 3.8) is 0 Å². The SMILES string of the molecule is c1ccc(-c2nc(-c3ccc4ccccc4c3)nc(-c3cccc4oc5cc(-c6cccc7ccc8ccccc8c67)c6ccccc6c5c34)n2)cc1. The molecule has 0 aliphatic heterocycles. The molecule has 0 saturated heterocycles. The van der Waals surface area contributed by atoms with E-state index in [9.17, 15) is 0 Å². The Kier molecular flexibility index (Phi) is 6.52. The summed E-state index contributed by atoms with van der Waals surface area (Å²) in [5, 5.41) is 11.5. The van der Waals surface area contributed by atoms with Crippen LogP contribution in [0.1, 0.15) is 0 Å². The summed E-state index contributed by atoms with van der Waals surface area (Å²) in [4.78, 5) is 15.4. The van der Waals surface area contributed by atoms with Gasteiger partial charge in [-0.25, -0.2) is 15.0 Å². The molecule has 2 aromatic heterocycles. The Bertz CT molecular complexity index is 3240. The molecule has 0 atom stereocenters. The molecular weight excluding hydrogens is 647 g/mol. The quantitative estimate of drug-likeness (QED) is 0.174. The van der Waals surface area contributed by atoms with Gasteiger partial charge in [-0.05, 0) is 72.4 Å². The third-order valence-electron chi connectivity index (χ3n) is 10.5. The molecule has 0 radical (unpaired) electrons. The van der Waals surface area contributed by atoms with Crippen LogP contribution in [-0.2, 0) is 0 Å². The van der Waals surface area contributed by atoms with Crippen molar-refractivity contribution in [2.45, 2.75) is 0 Å². The van der Waals surface area contributed by atoms with Crippen molar-refractivity contribution >= 4 is 65.0 Å². The molecule has 53 heavy (non-hydrogen) atoms. The molecule has 4 nitrogen and oxygen atoms in total. The second kappa shape index (κ2) is 11.7. The molecule has 0 bridgehead atoms. The number of fused-ring (bicyclic) bond motifs is 9. The van der Waals surface area contributed by atoms with Gasteiger partial charge in [0.25, 0.3) is 0 Å². The van der Waals surface area contributed by atoms with Crippen molar-refractivity contribution in [2.24, 2.45) is 0 Å². The number of benzene rings is 9. The van der Waals surface area contributed by atoms with E-state index >= 15 is 0 Å². The molecule has 2 heterocycles. The molecule has 0 saturated carbocycles. The zero-order valence-corrected chi connectivity index (χ0v) is 28.5. The largest absolute Gasteiger partial charge is 0.456 e. The van der Waals surface area contributed by atoms with Crippen LogP contribution in [0.25, 0.3) is 110 Å². The number of aromatic nitrogens is 3. The standard InChI is InChI=1S/C49H29N3O/c1-2-14-33(15-3-1)47-50-48(35-27-24-30-12-4-5-16-34(30)28-35)52-49(51-47)40-22-11-23-42-46(40)45-38-20-9-8-19-37(38)41(29-43(45)53-42)39-21-10-17-32-26-25-31-13-6-7-18-36(31)44(32)39/h1-29H. The Morgan fingerprint density at radius 1 is 0.302 bits per heavy atom. The maximum atomic E-state index is 6.79. The topological polar surface area (TPSA) is 51.8 Å². The molecule has 0 fully saturated rings. The second-order valence-corrected chi connectivity index (χ2v) is 13.5. The van der Waals surface area contributed by atoms with Crippen LogP contribution >= 0.6 is 0 Å². The third kappa shape index (κ3) is 4.73. The number of hydrogen-bond donors (Lipinski definition) is 0. The van der Waals surface area contributed by atoms with Gasteiger partial charge in [-0.3, -0.25) is 0 Å². The lowest BCUT2D eigenvalue weighted by Gasteiger charge is -2.14. The van der Waals surface area contributed by atoms with E-state index in [1.54, 1.807) is 0 Å². The molecule has 11 aromatic rings. The van der Waals surface area contributed by atoms with Gasteiger partial charge in [-0.1, -0.05) is 158 Å². The van der Waals surface area contributed by atoms with Gasteiger partial charge >= 0.3 is 0 Å². The lowest BCUT2D eigenvalue weighted by molar-refractivity contribution is 0.669. The molecule has 0 spiro atoms. The summed E-state index contributed by atoms with van der Waals surface area (Å²) in [6.45, 7) is 0. The van der Waals surface area contributed by atoms with Gasteiger partial charge < -0.3 is 4.42 Å². The average molecular weight is 676 g/mol. The number of nitrogens with zero attached hydrogens (tertiary/aromatic N) is 3. The zero-order valence-electron chi connectivity index (χ0n) is 28.5. The van der Waals surface area contributed by atoms with E-state index in [0.29, 0.717) is 17.5 Å². The Labute approximate surface area is 304 Å². The maximum absolute atomic E-state index is 6.79. The highest BCUT2D eigenvalue weighted by Crippen LogP contribution is 2.45. The smallest absolute Gasteiger partial charge is 0.164 e. The summed E-state index contributed by atoms with van der Waals surface area (Å²) in [5.74, 6) is 1.85. The Morgan fingerprint density at radius 3 is 1.79 bits per heavy atom. The Morgan fingerprint density at radius 2 is 0.925 bits per heavy atom. The van der Waals surface area contributed by atoms with Crippen molar-refractivity contribution in [3.8, 4) is 45.3 Å². The molecule has 0 amide bonds. The predicted molar refractivity (Wildman–Crippen MR) is 219 cm³/mol. The van der Waals surface area contributed by atoms with Crippen LogP contribution in [0.4, 0.5) is 0 Å². The van der Waals surface area contributed by atoms with Gasteiger partial charge in [-0.15, -0.1) is 0 Å². The first-order valence-electron chi connectivity index (χ1n) is 17.9. The van der Waals surface area contributed by atoms with Crippen LogP contribution in [0.5, 0.6) is 0 Å². The van der Waals surface area contributed by atoms with Gasteiger partial charge in [0.1, 0.15) is 11.2 Å². The second-order valence-electron chi connectivity index (χ2n) is 13.5. The third-order valence-corrected chi connectivity index (χ3v) is 10.5. The van der Waals surface area contributed by atoms with E-state index < -0.39 is 0 Å². The molecule has 4 heteroatoms. The van der Waals surface area contributed by atoms with Gasteiger partial charge in [0.2, 0.25) is 0 Å². The van der Waals surface area contributed by atoms with E-state index in [2.05, 4.69) is 133 Å². The van der Waals surface area contributed by atoms with Gasteiger partial charge in [0.05, 0.1) is 0 Å². The highest BCUT2D eigenvalue weighted by atomic mass is 16.3. The van der Waals surface area contributed by atoms with Gasteiger partial charge in [0, 0.05) is 27.5 Å². The maximum Gasteiger partial charge on any atom is 0.164 e. The zero-order chi connectivity index (χ0) is 34.9. The first kappa shape index (κ1) is 29.5. The molecule has 11 rings (SSSR count). The van der Waals surface area contributed by atoms with E-state index in [1.807, 2.05) is 42.5 Å². The van der Waals surface area contributed by atoms with E-state index in [4.69, 9.17) is 19.4 Å².